The predicted molar refractivity (Wildman–Crippen MR) is 45.9 cm³/mol. The second-order valence-electron chi connectivity index (χ2n) is 2.34. The zero-order chi connectivity index (χ0) is 7.72. The Morgan fingerprint density at radius 2 is 2.10 bits per heavy atom. The van der Waals surface area contributed by atoms with Crippen molar-refractivity contribution in [3.05, 3.63) is 0 Å². The molecule has 1 aliphatic rings. The molecule has 58 valence electrons. The fraction of sp³-hybridized carbons (Fsp3) is 0.833. The van der Waals surface area contributed by atoms with Gasteiger partial charge in [0.25, 0.3) is 0 Å². The highest BCUT2D eigenvalue weighted by Gasteiger charge is 2.23. The van der Waals surface area contributed by atoms with Gasteiger partial charge in [-0.1, -0.05) is 11.8 Å². The smallest absolute Gasteiger partial charge is 0.175 e. The summed E-state index contributed by atoms with van der Waals surface area (Å²) < 4.78 is 0. The second-order valence-corrected chi connectivity index (χ2v) is 3.12. The molecular formula is C6H13N3S. The van der Waals surface area contributed by atoms with Gasteiger partial charge in [0.15, 0.2) is 5.17 Å². The zero-order valence-corrected chi connectivity index (χ0v) is 7.64. The molecule has 1 rings (SSSR count). The molecule has 10 heavy (non-hydrogen) atoms. The van der Waals surface area contributed by atoms with Crippen LogP contribution in [0, 0.1) is 0 Å². The molecular weight excluding hydrogens is 146 g/mol. The van der Waals surface area contributed by atoms with Crippen molar-refractivity contribution in [1.82, 2.24) is 10.0 Å². The van der Waals surface area contributed by atoms with Crippen molar-refractivity contribution in [2.75, 3.05) is 20.4 Å². The zero-order valence-electron chi connectivity index (χ0n) is 6.83. The molecule has 0 N–H and O–H groups in total. The topological polar surface area (TPSA) is 18.8 Å². The van der Waals surface area contributed by atoms with Crippen molar-refractivity contribution >= 4 is 16.9 Å². The fourth-order valence-electron chi connectivity index (χ4n) is 0.897. The van der Waals surface area contributed by atoms with Crippen LogP contribution >= 0.6 is 11.8 Å². The van der Waals surface area contributed by atoms with E-state index in [0.717, 1.165) is 5.17 Å². The molecule has 1 aliphatic heterocycles. The summed E-state index contributed by atoms with van der Waals surface area (Å²) >= 11 is 1.68. The molecule has 0 saturated heterocycles. The molecule has 0 saturated carbocycles. The fourth-order valence-corrected chi connectivity index (χ4v) is 1.55. The van der Waals surface area contributed by atoms with Crippen LogP contribution in [0.2, 0.25) is 0 Å². The highest BCUT2D eigenvalue weighted by Crippen LogP contribution is 2.16. The molecule has 0 aromatic carbocycles. The number of hydrogen-bond donors (Lipinski definition) is 0. The van der Waals surface area contributed by atoms with Crippen LogP contribution in [0.5, 0.6) is 0 Å². The lowest BCUT2D eigenvalue weighted by Gasteiger charge is -2.23. The Balaban J connectivity index is 2.68. The molecule has 4 heteroatoms. The van der Waals surface area contributed by atoms with Crippen molar-refractivity contribution in [2.45, 2.75) is 13.1 Å². The van der Waals surface area contributed by atoms with Crippen molar-refractivity contribution in [1.29, 1.82) is 0 Å². The van der Waals surface area contributed by atoms with E-state index in [4.69, 9.17) is 0 Å². The average Bonchev–Trinajstić information content (AvgIpc) is 2.17. The third-order valence-electron chi connectivity index (χ3n) is 1.77. The Morgan fingerprint density at radius 1 is 1.50 bits per heavy atom. The second kappa shape index (κ2) is 2.80. The van der Waals surface area contributed by atoms with Crippen molar-refractivity contribution < 1.29 is 0 Å². The normalized spacial score (nSPS) is 27.4. The first-order chi connectivity index (χ1) is 4.66. The van der Waals surface area contributed by atoms with E-state index in [-0.39, 0.29) is 0 Å². The maximum absolute atomic E-state index is 4.40. The molecule has 0 aromatic heterocycles. The summed E-state index contributed by atoms with van der Waals surface area (Å²) in [5.41, 5.74) is 0. The van der Waals surface area contributed by atoms with Crippen molar-refractivity contribution in [2.24, 2.45) is 4.99 Å². The van der Waals surface area contributed by atoms with E-state index in [0.29, 0.717) is 6.17 Å². The minimum absolute atomic E-state index is 0.299. The molecule has 0 spiro atoms. The average molecular weight is 159 g/mol. The number of nitrogens with zero attached hydrogens (tertiary/aromatic N) is 3. The largest absolute Gasteiger partial charge is 0.286 e. The molecule has 0 bridgehead atoms. The summed E-state index contributed by atoms with van der Waals surface area (Å²) in [6, 6.07) is 0. The number of hydrogen-bond acceptors (Lipinski definition) is 4. The number of amidine groups is 1. The lowest BCUT2D eigenvalue weighted by molar-refractivity contribution is 0.0939. The minimum atomic E-state index is 0.299. The molecule has 0 radical (unpaired) electrons. The van der Waals surface area contributed by atoms with Crippen LogP contribution in [-0.4, -0.2) is 41.7 Å². The molecule has 0 fully saturated rings. The Bertz CT molecular complexity index is 157. The monoisotopic (exact) mass is 159 g/mol. The molecule has 1 atom stereocenters. The first kappa shape index (κ1) is 7.88. The SMILES string of the molecule is CSC1=NC(C)N(C)N1C. The summed E-state index contributed by atoms with van der Waals surface area (Å²) in [6.07, 6.45) is 2.34. The van der Waals surface area contributed by atoms with Crippen LogP contribution in [-0.2, 0) is 0 Å². The molecule has 0 amide bonds. The molecule has 3 nitrogen and oxygen atoms in total. The third kappa shape index (κ3) is 1.13. The van der Waals surface area contributed by atoms with Crippen LogP contribution in [0.15, 0.2) is 4.99 Å². The van der Waals surface area contributed by atoms with Gasteiger partial charge in [0.1, 0.15) is 6.17 Å². The molecule has 1 unspecified atom stereocenters. The summed E-state index contributed by atoms with van der Waals surface area (Å²) in [5.74, 6) is 0. The van der Waals surface area contributed by atoms with Gasteiger partial charge in [-0.3, -0.25) is 5.01 Å². The number of hydrazine groups is 1. The highest BCUT2D eigenvalue weighted by molar-refractivity contribution is 8.13. The van der Waals surface area contributed by atoms with E-state index in [1.807, 2.05) is 20.4 Å². The predicted octanol–water partition coefficient (Wildman–Crippen LogP) is 0.844. The van der Waals surface area contributed by atoms with E-state index in [1.165, 1.54) is 0 Å². The number of rotatable bonds is 0. The summed E-state index contributed by atoms with van der Waals surface area (Å²) in [5, 5.41) is 5.26. The van der Waals surface area contributed by atoms with Gasteiger partial charge in [-0.05, 0) is 13.2 Å². The van der Waals surface area contributed by atoms with Gasteiger partial charge in [0.05, 0.1) is 0 Å². The van der Waals surface area contributed by atoms with E-state index >= 15 is 0 Å². The number of aliphatic imine (C=N–C) groups is 1. The van der Waals surface area contributed by atoms with Gasteiger partial charge < -0.3 is 0 Å². The lowest BCUT2D eigenvalue weighted by atomic mass is 10.6. The first-order valence-corrected chi connectivity index (χ1v) is 4.47. The maximum atomic E-state index is 4.40. The Morgan fingerprint density at radius 3 is 2.30 bits per heavy atom. The van der Waals surface area contributed by atoms with Gasteiger partial charge in [-0.25, -0.2) is 4.99 Å². The van der Waals surface area contributed by atoms with Crippen LogP contribution in [0.1, 0.15) is 6.92 Å². The maximum Gasteiger partial charge on any atom is 0.175 e. The molecule has 1 heterocycles. The quantitative estimate of drug-likeness (QED) is 0.522. The Hall–Kier alpha value is -0.220. The Kier molecular flexibility index (Phi) is 2.21. The van der Waals surface area contributed by atoms with Gasteiger partial charge in [0.2, 0.25) is 0 Å². The van der Waals surface area contributed by atoms with Gasteiger partial charge in [-0.2, -0.15) is 5.01 Å². The van der Waals surface area contributed by atoms with Crippen LogP contribution in [0.3, 0.4) is 0 Å². The van der Waals surface area contributed by atoms with Crippen LogP contribution in [0.25, 0.3) is 0 Å². The van der Waals surface area contributed by atoms with Gasteiger partial charge in [-0.15, -0.1) is 0 Å². The first-order valence-electron chi connectivity index (χ1n) is 3.25. The molecule has 0 aromatic rings. The highest BCUT2D eigenvalue weighted by atomic mass is 32.2. The summed E-state index contributed by atoms with van der Waals surface area (Å²) in [4.78, 5) is 4.40. The van der Waals surface area contributed by atoms with Crippen molar-refractivity contribution in [3.8, 4) is 0 Å². The van der Waals surface area contributed by atoms with E-state index in [9.17, 15) is 0 Å². The standard InChI is InChI=1S/C6H13N3S/c1-5-7-6(10-4)9(3)8(5)2/h5H,1-4H3. The lowest BCUT2D eigenvalue weighted by Crippen LogP contribution is -2.37. The van der Waals surface area contributed by atoms with Crippen LogP contribution < -0.4 is 0 Å². The van der Waals surface area contributed by atoms with E-state index in [1.54, 1.807) is 11.8 Å². The summed E-state index contributed by atoms with van der Waals surface area (Å²) in [7, 11) is 4.07. The van der Waals surface area contributed by atoms with Gasteiger partial charge in [0, 0.05) is 14.1 Å². The van der Waals surface area contributed by atoms with Gasteiger partial charge >= 0.3 is 0 Å². The molecule has 0 aliphatic carbocycles. The minimum Gasteiger partial charge on any atom is -0.286 e. The van der Waals surface area contributed by atoms with E-state index < -0.39 is 0 Å². The van der Waals surface area contributed by atoms with Crippen LogP contribution in [0.4, 0.5) is 0 Å². The van der Waals surface area contributed by atoms with Crippen molar-refractivity contribution in [3.63, 3.8) is 0 Å². The number of thioether (sulfide) groups is 1. The third-order valence-corrected chi connectivity index (χ3v) is 2.51. The Labute approximate surface area is 66.1 Å². The summed E-state index contributed by atoms with van der Waals surface area (Å²) in [6.45, 7) is 2.08. The van der Waals surface area contributed by atoms with E-state index in [2.05, 4.69) is 21.9 Å².